The van der Waals surface area contributed by atoms with E-state index in [1.54, 1.807) is 20.8 Å². The summed E-state index contributed by atoms with van der Waals surface area (Å²) in [5, 5.41) is 1.86. The number of nitrogens with one attached hydrogen (secondary N) is 2. The van der Waals surface area contributed by atoms with Gasteiger partial charge in [0.15, 0.2) is 6.10 Å². The number of hydrogen-bond donors (Lipinski definition) is 2. The molecular weight excluding hydrogens is 364 g/mol. The van der Waals surface area contributed by atoms with Gasteiger partial charge < -0.3 is 9.47 Å². The van der Waals surface area contributed by atoms with Crippen molar-refractivity contribution in [3.05, 3.63) is 29.8 Å². The third-order valence-electron chi connectivity index (χ3n) is 2.88. The van der Waals surface area contributed by atoms with Crippen LogP contribution < -0.4 is 10.0 Å². The Morgan fingerprint density at radius 1 is 1.15 bits per heavy atom. The second-order valence-electron chi connectivity index (χ2n) is 6.41. The molecule has 1 aromatic carbocycles. The molecule has 0 saturated heterocycles. The maximum absolute atomic E-state index is 12.3. The first-order chi connectivity index (χ1) is 11.9. The Bertz CT molecular complexity index is 797. The molecule has 0 unspecified atom stereocenters. The first kappa shape index (κ1) is 21.6. The molecule has 0 aliphatic rings. The third kappa shape index (κ3) is 6.45. The topological polar surface area (TPSA) is 128 Å². The van der Waals surface area contributed by atoms with Crippen LogP contribution in [0.25, 0.3) is 0 Å². The molecular formula is C16H22N2O7S. The van der Waals surface area contributed by atoms with Crippen molar-refractivity contribution >= 4 is 28.0 Å². The van der Waals surface area contributed by atoms with Gasteiger partial charge in [0.1, 0.15) is 0 Å². The first-order valence-corrected chi connectivity index (χ1v) is 9.08. The minimum Gasteiger partial charge on any atom is -0.453 e. The van der Waals surface area contributed by atoms with Gasteiger partial charge in [0.2, 0.25) is 10.0 Å². The molecule has 0 bridgehead atoms. The van der Waals surface area contributed by atoms with Gasteiger partial charge in [0.05, 0.1) is 17.6 Å². The molecule has 0 fully saturated rings. The van der Waals surface area contributed by atoms with E-state index in [-0.39, 0.29) is 10.5 Å². The third-order valence-corrected chi connectivity index (χ3v) is 4.64. The Morgan fingerprint density at radius 2 is 1.77 bits per heavy atom. The maximum Gasteiger partial charge on any atom is 0.413 e. The molecule has 0 aliphatic heterocycles. The maximum atomic E-state index is 12.3. The fraction of sp³-hybridized carbons (Fsp3) is 0.438. The quantitative estimate of drug-likeness (QED) is 0.728. The van der Waals surface area contributed by atoms with Crippen LogP contribution in [0.5, 0.6) is 0 Å². The number of benzene rings is 1. The van der Waals surface area contributed by atoms with Gasteiger partial charge in [0, 0.05) is 5.54 Å². The number of hydrogen-bond acceptors (Lipinski definition) is 7. The lowest BCUT2D eigenvalue weighted by Crippen LogP contribution is -2.40. The largest absolute Gasteiger partial charge is 0.453 e. The lowest BCUT2D eigenvalue weighted by molar-refractivity contribution is -0.128. The van der Waals surface area contributed by atoms with Crippen molar-refractivity contribution in [1.29, 1.82) is 0 Å². The number of ether oxygens (including phenoxy) is 2. The predicted octanol–water partition coefficient (Wildman–Crippen LogP) is 1.19. The summed E-state index contributed by atoms with van der Waals surface area (Å²) < 4.78 is 36.3. The van der Waals surface area contributed by atoms with Crippen LogP contribution in [0.15, 0.2) is 29.2 Å². The summed E-state index contributed by atoms with van der Waals surface area (Å²) in [5.74, 6) is -1.78. The Labute approximate surface area is 152 Å². The highest BCUT2D eigenvalue weighted by molar-refractivity contribution is 7.89. The lowest BCUT2D eigenvalue weighted by atomic mass is 10.1. The van der Waals surface area contributed by atoms with Crippen LogP contribution in [0.4, 0.5) is 4.79 Å². The highest BCUT2D eigenvalue weighted by Gasteiger charge is 2.24. The Hall–Kier alpha value is -2.46. The fourth-order valence-corrected chi connectivity index (χ4v) is 3.25. The molecule has 1 aromatic rings. The smallest absolute Gasteiger partial charge is 0.413 e. The second-order valence-corrected chi connectivity index (χ2v) is 8.09. The van der Waals surface area contributed by atoms with Crippen molar-refractivity contribution in [2.75, 3.05) is 7.11 Å². The highest BCUT2D eigenvalue weighted by atomic mass is 32.2. The number of methoxy groups -OCH3 is 1. The van der Waals surface area contributed by atoms with E-state index >= 15 is 0 Å². The number of imide groups is 1. The Balaban J connectivity index is 2.92. The van der Waals surface area contributed by atoms with E-state index in [1.165, 1.54) is 25.1 Å². The molecule has 0 aromatic heterocycles. The van der Waals surface area contributed by atoms with Crippen molar-refractivity contribution in [2.45, 2.75) is 44.2 Å². The molecule has 2 N–H and O–H groups in total. The summed E-state index contributed by atoms with van der Waals surface area (Å²) in [5.41, 5.74) is -0.755. The van der Waals surface area contributed by atoms with Gasteiger partial charge in [-0.2, -0.15) is 0 Å². The number of amides is 2. The Kier molecular flexibility index (Phi) is 6.87. The predicted molar refractivity (Wildman–Crippen MR) is 91.9 cm³/mol. The van der Waals surface area contributed by atoms with E-state index in [0.717, 1.165) is 13.2 Å². The molecule has 1 rings (SSSR count). The standard InChI is InChI=1S/C16H22N2O7S/c1-10(13(19)17-15(21)24-5)25-14(20)11-7-6-8-12(9-11)26(22,23)18-16(2,3)4/h6-10,18H,1-5H3,(H,17,19,21)/t10-/m0/s1. The lowest BCUT2D eigenvalue weighted by Gasteiger charge is -2.20. The van der Waals surface area contributed by atoms with E-state index in [1.807, 2.05) is 5.32 Å². The minimum atomic E-state index is -3.84. The average Bonchev–Trinajstić information content (AvgIpc) is 2.52. The van der Waals surface area contributed by atoms with Gasteiger partial charge >= 0.3 is 12.1 Å². The first-order valence-electron chi connectivity index (χ1n) is 7.59. The van der Waals surface area contributed by atoms with E-state index in [4.69, 9.17) is 4.74 Å². The van der Waals surface area contributed by atoms with Gasteiger partial charge in [0.25, 0.3) is 5.91 Å². The molecule has 0 saturated carbocycles. The highest BCUT2D eigenvalue weighted by Crippen LogP contribution is 2.15. The zero-order chi connectivity index (χ0) is 20.1. The molecule has 0 aliphatic carbocycles. The zero-order valence-corrected chi connectivity index (χ0v) is 16.0. The van der Waals surface area contributed by atoms with E-state index in [9.17, 15) is 22.8 Å². The fourth-order valence-electron chi connectivity index (χ4n) is 1.79. The van der Waals surface area contributed by atoms with Gasteiger partial charge in [-0.3, -0.25) is 10.1 Å². The molecule has 2 amide bonds. The molecule has 1 atom stereocenters. The van der Waals surface area contributed by atoms with Crippen molar-refractivity contribution < 1.29 is 32.3 Å². The Morgan fingerprint density at radius 3 is 2.31 bits per heavy atom. The molecule has 9 nitrogen and oxygen atoms in total. The molecule has 0 radical (unpaired) electrons. The van der Waals surface area contributed by atoms with Crippen molar-refractivity contribution in [2.24, 2.45) is 0 Å². The summed E-state index contributed by atoms with van der Waals surface area (Å²) in [6, 6.07) is 5.20. The SMILES string of the molecule is COC(=O)NC(=O)[C@H](C)OC(=O)c1cccc(S(=O)(=O)NC(C)(C)C)c1. The summed E-state index contributed by atoms with van der Waals surface area (Å²) in [6.07, 6.45) is -2.27. The summed E-state index contributed by atoms with van der Waals surface area (Å²) in [7, 11) is -2.76. The number of alkyl carbamates (subject to hydrolysis) is 1. The normalized spacial score (nSPS) is 12.8. The monoisotopic (exact) mass is 386 g/mol. The van der Waals surface area contributed by atoms with Crippen molar-refractivity contribution in [1.82, 2.24) is 10.0 Å². The van der Waals surface area contributed by atoms with Crippen LogP contribution in [0, 0.1) is 0 Å². The molecule has 0 heterocycles. The number of carbonyl (C=O) groups excluding carboxylic acids is 3. The van der Waals surface area contributed by atoms with Crippen LogP contribution in [0.3, 0.4) is 0 Å². The van der Waals surface area contributed by atoms with Crippen molar-refractivity contribution in [3.8, 4) is 0 Å². The van der Waals surface area contributed by atoms with Crippen LogP contribution in [0.1, 0.15) is 38.1 Å². The summed E-state index contributed by atoms with van der Waals surface area (Å²) >= 11 is 0. The van der Waals surface area contributed by atoms with Gasteiger partial charge in [-0.15, -0.1) is 0 Å². The summed E-state index contributed by atoms with van der Waals surface area (Å²) in [6.45, 7) is 6.32. The van der Waals surface area contributed by atoms with Crippen molar-refractivity contribution in [3.63, 3.8) is 0 Å². The molecule has 26 heavy (non-hydrogen) atoms. The van der Waals surface area contributed by atoms with Crippen LogP contribution in [-0.2, 0) is 24.3 Å². The van der Waals surface area contributed by atoms with Crippen LogP contribution in [-0.4, -0.2) is 45.1 Å². The zero-order valence-electron chi connectivity index (χ0n) is 15.2. The van der Waals surface area contributed by atoms with E-state index in [2.05, 4.69) is 9.46 Å². The van der Waals surface area contributed by atoms with E-state index in [0.29, 0.717) is 0 Å². The van der Waals surface area contributed by atoms with Gasteiger partial charge in [-0.1, -0.05) is 6.07 Å². The van der Waals surface area contributed by atoms with E-state index < -0.39 is 39.6 Å². The van der Waals surface area contributed by atoms with Crippen LogP contribution >= 0.6 is 0 Å². The van der Waals surface area contributed by atoms with Gasteiger partial charge in [-0.25, -0.2) is 22.7 Å². The number of rotatable bonds is 5. The number of sulfonamides is 1. The molecule has 10 heteroatoms. The molecule has 144 valence electrons. The molecule has 0 spiro atoms. The summed E-state index contributed by atoms with van der Waals surface area (Å²) in [4.78, 5) is 34.7. The average molecular weight is 386 g/mol. The number of esters is 1. The van der Waals surface area contributed by atoms with Gasteiger partial charge in [-0.05, 0) is 45.9 Å². The minimum absolute atomic E-state index is 0.0560. The van der Waals surface area contributed by atoms with Crippen LogP contribution in [0.2, 0.25) is 0 Å². The number of carbonyl (C=O) groups is 3. The second kappa shape index (κ2) is 8.28.